The van der Waals surface area contributed by atoms with Crippen LogP contribution >= 0.6 is 23.1 Å². The Labute approximate surface area is 192 Å². The molecule has 0 spiro atoms. The predicted octanol–water partition coefficient (Wildman–Crippen LogP) is 5.14. The fourth-order valence-corrected chi connectivity index (χ4v) is 4.43. The van der Waals surface area contributed by atoms with E-state index >= 15 is 0 Å². The zero-order valence-electron chi connectivity index (χ0n) is 17.8. The Bertz CT molecular complexity index is 1050. The van der Waals surface area contributed by atoms with Gasteiger partial charge in [-0.2, -0.15) is 4.37 Å². The number of carbonyl (C=O) groups is 1. The zero-order valence-corrected chi connectivity index (χ0v) is 19.3. The Balaban J connectivity index is 1.34. The molecule has 0 atom stereocenters. The maximum Gasteiger partial charge on any atom is 0.321 e. The molecule has 4 rings (SSSR count). The molecule has 162 valence electrons. The van der Waals surface area contributed by atoms with Crippen LogP contribution in [0.5, 0.6) is 0 Å². The van der Waals surface area contributed by atoms with E-state index < -0.39 is 0 Å². The first-order chi connectivity index (χ1) is 15.0. The lowest BCUT2D eigenvalue weighted by Crippen LogP contribution is -2.38. The first kappa shape index (κ1) is 21.6. The van der Waals surface area contributed by atoms with E-state index in [1.165, 1.54) is 22.7 Å². The first-order valence-corrected chi connectivity index (χ1v) is 11.6. The maximum absolute atomic E-state index is 12.8. The quantitative estimate of drug-likeness (QED) is 0.591. The van der Waals surface area contributed by atoms with Crippen LogP contribution in [0.1, 0.15) is 28.9 Å². The monoisotopic (exact) mass is 455 g/mol. The number of halogens is 1. The highest BCUT2D eigenvalue weighted by Crippen LogP contribution is 2.22. The highest BCUT2D eigenvalue weighted by molar-refractivity contribution is 7.09. The number of nitrogens with zero attached hydrogens (tertiary/aromatic N) is 4. The van der Waals surface area contributed by atoms with Crippen LogP contribution in [0.15, 0.2) is 42.5 Å². The molecule has 2 amide bonds. The molecule has 31 heavy (non-hydrogen) atoms. The molecule has 2 heterocycles. The second-order valence-corrected chi connectivity index (χ2v) is 9.02. The Morgan fingerprint density at radius 3 is 2.65 bits per heavy atom. The van der Waals surface area contributed by atoms with Crippen LogP contribution in [0.2, 0.25) is 5.02 Å². The second-order valence-electron chi connectivity index (χ2n) is 7.85. The standard InChI is InChI=1S/C23H26ClN5OS/c1-16-4-9-20(14-17(16)2)25-22(30)28-10-3-11-29(13-12-28)23-26-21(27-31-23)15-18-5-7-19(24)8-6-18/h4-9,14H,3,10-13,15H2,1-2H3,(H,25,30). The van der Waals surface area contributed by atoms with E-state index in [-0.39, 0.29) is 6.03 Å². The summed E-state index contributed by atoms with van der Waals surface area (Å²) in [5.41, 5.74) is 4.37. The molecule has 0 aliphatic carbocycles. The molecule has 3 aromatic rings. The number of benzene rings is 2. The number of aryl methyl sites for hydroxylation is 2. The molecule has 8 heteroatoms. The van der Waals surface area contributed by atoms with E-state index in [0.717, 1.165) is 53.3 Å². The number of rotatable bonds is 4. The van der Waals surface area contributed by atoms with Gasteiger partial charge in [-0.25, -0.2) is 9.78 Å². The Hall–Kier alpha value is -2.64. The smallest absolute Gasteiger partial charge is 0.321 e. The molecule has 1 aliphatic heterocycles. The summed E-state index contributed by atoms with van der Waals surface area (Å²) < 4.78 is 4.53. The summed E-state index contributed by atoms with van der Waals surface area (Å²) in [6.45, 7) is 7.11. The zero-order chi connectivity index (χ0) is 21.8. The predicted molar refractivity (Wildman–Crippen MR) is 128 cm³/mol. The highest BCUT2D eigenvalue weighted by Gasteiger charge is 2.21. The third kappa shape index (κ3) is 5.54. The number of amides is 2. The van der Waals surface area contributed by atoms with Gasteiger partial charge < -0.3 is 15.1 Å². The van der Waals surface area contributed by atoms with Gasteiger partial charge in [0.25, 0.3) is 0 Å². The Morgan fingerprint density at radius 2 is 1.87 bits per heavy atom. The molecule has 0 unspecified atom stereocenters. The number of anilines is 2. The van der Waals surface area contributed by atoms with Crippen molar-refractivity contribution >= 4 is 40.0 Å². The van der Waals surface area contributed by atoms with Crippen LogP contribution in [-0.4, -0.2) is 46.5 Å². The summed E-state index contributed by atoms with van der Waals surface area (Å²) in [6.07, 6.45) is 1.58. The maximum atomic E-state index is 12.8. The SMILES string of the molecule is Cc1ccc(NC(=O)N2CCCN(c3nc(Cc4ccc(Cl)cc4)ns3)CC2)cc1C. The van der Waals surface area contributed by atoms with Gasteiger partial charge in [0.15, 0.2) is 0 Å². The lowest BCUT2D eigenvalue weighted by atomic mass is 10.1. The van der Waals surface area contributed by atoms with Crippen molar-refractivity contribution < 1.29 is 4.79 Å². The van der Waals surface area contributed by atoms with Crippen LogP contribution in [0, 0.1) is 13.8 Å². The van der Waals surface area contributed by atoms with Crippen LogP contribution in [-0.2, 0) is 6.42 Å². The van der Waals surface area contributed by atoms with Gasteiger partial charge in [-0.15, -0.1) is 0 Å². The van der Waals surface area contributed by atoms with Gasteiger partial charge in [0.2, 0.25) is 5.13 Å². The number of carbonyl (C=O) groups excluding carboxylic acids is 1. The van der Waals surface area contributed by atoms with Gasteiger partial charge in [0.05, 0.1) is 0 Å². The van der Waals surface area contributed by atoms with Crippen molar-refractivity contribution in [1.82, 2.24) is 14.3 Å². The highest BCUT2D eigenvalue weighted by atomic mass is 35.5. The van der Waals surface area contributed by atoms with E-state index in [1.807, 2.05) is 47.4 Å². The number of hydrogen-bond acceptors (Lipinski definition) is 5. The van der Waals surface area contributed by atoms with Crippen molar-refractivity contribution in [2.24, 2.45) is 0 Å². The summed E-state index contributed by atoms with van der Waals surface area (Å²) in [7, 11) is 0. The lowest BCUT2D eigenvalue weighted by molar-refractivity contribution is 0.215. The van der Waals surface area contributed by atoms with Gasteiger partial charge in [-0.05, 0) is 61.2 Å². The number of nitrogens with one attached hydrogen (secondary N) is 1. The fraction of sp³-hybridized carbons (Fsp3) is 0.348. The summed E-state index contributed by atoms with van der Waals surface area (Å²) in [6, 6.07) is 13.7. The largest absolute Gasteiger partial charge is 0.345 e. The lowest BCUT2D eigenvalue weighted by Gasteiger charge is -2.22. The Kier molecular flexibility index (Phi) is 6.73. The van der Waals surface area contributed by atoms with Gasteiger partial charge in [0.1, 0.15) is 5.82 Å². The minimum Gasteiger partial charge on any atom is -0.345 e. The van der Waals surface area contributed by atoms with E-state index in [9.17, 15) is 4.79 Å². The van der Waals surface area contributed by atoms with Crippen molar-refractivity contribution in [3.05, 3.63) is 70.0 Å². The normalized spacial score (nSPS) is 14.4. The number of hydrogen-bond donors (Lipinski definition) is 1. The van der Waals surface area contributed by atoms with Gasteiger partial charge >= 0.3 is 6.03 Å². The van der Waals surface area contributed by atoms with Crippen molar-refractivity contribution in [3.8, 4) is 0 Å². The number of aromatic nitrogens is 2. The molecule has 1 fully saturated rings. The molecule has 1 aromatic heterocycles. The first-order valence-electron chi connectivity index (χ1n) is 10.4. The fourth-order valence-electron chi connectivity index (χ4n) is 3.56. The minimum absolute atomic E-state index is 0.0502. The second kappa shape index (κ2) is 9.66. The topological polar surface area (TPSA) is 61.4 Å². The summed E-state index contributed by atoms with van der Waals surface area (Å²) >= 11 is 7.38. The Morgan fingerprint density at radius 1 is 1.06 bits per heavy atom. The van der Waals surface area contributed by atoms with Crippen molar-refractivity contribution in [2.75, 3.05) is 36.4 Å². The van der Waals surface area contributed by atoms with Crippen LogP contribution in [0.25, 0.3) is 0 Å². The summed E-state index contributed by atoms with van der Waals surface area (Å²) in [4.78, 5) is 21.6. The molecule has 1 saturated heterocycles. The van der Waals surface area contributed by atoms with E-state index in [1.54, 1.807) is 0 Å². The minimum atomic E-state index is -0.0502. The number of urea groups is 1. The average molecular weight is 456 g/mol. The van der Waals surface area contributed by atoms with Crippen LogP contribution in [0.3, 0.4) is 0 Å². The third-order valence-corrected chi connectivity index (χ3v) is 6.61. The molecule has 6 nitrogen and oxygen atoms in total. The van der Waals surface area contributed by atoms with Gasteiger partial charge in [-0.1, -0.05) is 29.8 Å². The van der Waals surface area contributed by atoms with E-state index in [2.05, 4.69) is 28.4 Å². The van der Waals surface area contributed by atoms with Crippen LogP contribution in [0.4, 0.5) is 15.6 Å². The molecule has 2 aromatic carbocycles. The summed E-state index contributed by atoms with van der Waals surface area (Å²) in [5, 5.41) is 4.68. The van der Waals surface area contributed by atoms with Crippen molar-refractivity contribution in [3.63, 3.8) is 0 Å². The van der Waals surface area contributed by atoms with Crippen LogP contribution < -0.4 is 10.2 Å². The van der Waals surface area contributed by atoms with Gasteiger partial charge in [0, 0.05) is 54.8 Å². The third-order valence-electron chi connectivity index (χ3n) is 5.54. The molecule has 0 saturated carbocycles. The van der Waals surface area contributed by atoms with Crippen molar-refractivity contribution in [1.29, 1.82) is 0 Å². The average Bonchev–Trinajstić information content (AvgIpc) is 3.07. The molecule has 1 aliphatic rings. The molecular formula is C23H26ClN5OS. The molecule has 1 N–H and O–H groups in total. The van der Waals surface area contributed by atoms with E-state index in [0.29, 0.717) is 13.0 Å². The van der Waals surface area contributed by atoms with Gasteiger partial charge in [-0.3, -0.25) is 0 Å². The molecular weight excluding hydrogens is 430 g/mol. The van der Waals surface area contributed by atoms with E-state index in [4.69, 9.17) is 16.6 Å². The molecule has 0 radical (unpaired) electrons. The summed E-state index contributed by atoms with van der Waals surface area (Å²) in [5.74, 6) is 0.816. The van der Waals surface area contributed by atoms with Crippen molar-refractivity contribution in [2.45, 2.75) is 26.7 Å². The molecule has 0 bridgehead atoms.